The van der Waals surface area contributed by atoms with Crippen LogP contribution in [0.4, 0.5) is 5.95 Å². The zero-order valence-corrected chi connectivity index (χ0v) is 5.02. The molecule has 0 bridgehead atoms. The number of hydrogen-bond donors (Lipinski definition) is 1. The molecule has 1 aromatic heterocycles. The van der Waals surface area contributed by atoms with Gasteiger partial charge in [0, 0.05) is 12.3 Å². The number of nitrogens with two attached hydrogens (primary N) is 1. The molecule has 0 aromatic carbocycles. The molecular formula is C5H5N3O2. The highest BCUT2D eigenvalue weighted by Gasteiger charge is 1.92. The van der Waals surface area contributed by atoms with Gasteiger partial charge in [-0.15, -0.1) is 0 Å². The zero-order chi connectivity index (χ0) is 7.40. The molecule has 1 rings (SSSR count). The number of ether oxygens (including phenoxy) is 1. The Morgan fingerprint density at radius 1 is 1.70 bits per heavy atom. The van der Waals surface area contributed by atoms with Gasteiger partial charge in [0.1, 0.15) is 0 Å². The lowest BCUT2D eigenvalue weighted by atomic mass is 10.6. The van der Waals surface area contributed by atoms with Crippen LogP contribution >= 0.6 is 0 Å². The molecule has 0 saturated heterocycles. The number of hydrogen-bond acceptors (Lipinski definition) is 5. The summed E-state index contributed by atoms with van der Waals surface area (Å²) >= 11 is 0. The molecule has 1 heterocycles. The van der Waals surface area contributed by atoms with Gasteiger partial charge in [-0.25, -0.2) is 4.98 Å². The summed E-state index contributed by atoms with van der Waals surface area (Å²) in [6.07, 6.45) is 1.40. The molecular weight excluding hydrogens is 134 g/mol. The van der Waals surface area contributed by atoms with Crippen molar-refractivity contribution in [3.05, 3.63) is 12.3 Å². The highest BCUT2D eigenvalue weighted by atomic mass is 16.5. The van der Waals surface area contributed by atoms with Crippen molar-refractivity contribution < 1.29 is 9.53 Å². The minimum Gasteiger partial charge on any atom is -0.410 e. The van der Waals surface area contributed by atoms with Crippen LogP contribution in [-0.4, -0.2) is 16.4 Å². The van der Waals surface area contributed by atoms with E-state index in [0.717, 1.165) is 0 Å². The highest BCUT2D eigenvalue weighted by molar-refractivity contribution is 5.43. The van der Waals surface area contributed by atoms with Crippen LogP contribution in [0.5, 0.6) is 5.88 Å². The van der Waals surface area contributed by atoms with Crippen molar-refractivity contribution in [1.29, 1.82) is 0 Å². The third-order valence-electron chi connectivity index (χ3n) is 0.818. The average Bonchev–Trinajstić information content (AvgIpc) is 1.88. The van der Waals surface area contributed by atoms with Gasteiger partial charge in [0.15, 0.2) is 0 Å². The number of carbonyl (C=O) groups is 1. The van der Waals surface area contributed by atoms with E-state index in [-0.39, 0.29) is 18.3 Å². The molecule has 1 aromatic rings. The second-order valence-electron chi connectivity index (χ2n) is 1.47. The first-order chi connectivity index (χ1) is 4.83. The number of nitrogens with zero attached hydrogens (tertiary/aromatic N) is 2. The molecule has 0 aliphatic heterocycles. The molecule has 52 valence electrons. The van der Waals surface area contributed by atoms with Crippen molar-refractivity contribution in [2.45, 2.75) is 0 Å². The van der Waals surface area contributed by atoms with E-state index in [4.69, 9.17) is 5.73 Å². The summed E-state index contributed by atoms with van der Waals surface area (Å²) in [5.74, 6) is 0.238. The zero-order valence-electron chi connectivity index (χ0n) is 5.02. The Morgan fingerprint density at radius 2 is 2.50 bits per heavy atom. The molecule has 0 spiro atoms. The fourth-order valence-corrected chi connectivity index (χ4v) is 0.471. The number of aromatic nitrogens is 2. The van der Waals surface area contributed by atoms with Gasteiger partial charge in [0.25, 0.3) is 6.47 Å². The quantitative estimate of drug-likeness (QED) is 0.563. The van der Waals surface area contributed by atoms with E-state index in [2.05, 4.69) is 14.7 Å². The van der Waals surface area contributed by atoms with E-state index >= 15 is 0 Å². The van der Waals surface area contributed by atoms with Crippen molar-refractivity contribution in [2.75, 3.05) is 5.73 Å². The lowest BCUT2D eigenvalue weighted by molar-refractivity contribution is -0.120. The van der Waals surface area contributed by atoms with E-state index in [9.17, 15) is 4.79 Å². The predicted molar refractivity (Wildman–Crippen MR) is 33.1 cm³/mol. The van der Waals surface area contributed by atoms with Crippen molar-refractivity contribution in [3.8, 4) is 5.88 Å². The largest absolute Gasteiger partial charge is 0.410 e. The van der Waals surface area contributed by atoms with Gasteiger partial charge in [-0.05, 0) is 0 Å². The Balaban J connectivity index is 2.84. The van der Waals surface area contributed by atoms with Gasteiger partial charge in [0.2, 0.25) is 11.8 Å². The second kappa shape index (κ2) is 2.77. The van der Waals surface area contributed by atoms with Crippen LogP contribution in [0.2, 0.25) is 0 Å². The average molecular weight is 139 g/mol. The van der Waals surface area contributed by atoms with Crippen LogP contribution in [0, 0.1) is 0 Å². The molecule has 10 heavy (non-hydrogen) atoms. The molecule has 5 nitrogen and oxygen atoms in total. The van der Waals surface area contributed by atoms with Gasteiger partial charge >= 0.3 is 0 Å². The summed E-state index contributed by atoms with van der Waals surface area (Å²) in [4.78, 5) is 16.9. The summed E-state index contributed by atoms with van der Waals surface area (Å²) in [5.41, 5.74) is 5.17. The van der Waals surface area contributed by atoms with Crippen LogP contribution in [0.25, 0.3) is 0 Å². The number of carbonyl (C=O) groups excluding carboxylic acids is 1. The van der Waals surface area contributed by atoms with Crippen molar-refractivity contribution >= 4 is 12.4 Å². The van der Waals surface area contributed by atoms with E-state index in [1.807, 2.05) is 0 Å². The summed E-state index contributed by atoms with van der Waals surface area (Å²) < 4.78 is 4.38. The summed E-state index contributed by atoms with van der Waals surface area (Å²) in [5, 5.41) is 0. The summed E-state index contributed by atoms with van der Waals surface area (Å²) in [6, 6.07) is 1.44. The van der Waals surface area contributed by atoms with Gasteiger partial charge in [0.05, 0.1) is 0 Å². The standard InChI is InChI=1S/C5H5N3O2/c6-5-7-2-1-4(8-5)10-3-9/h1-3H,(H2,6,7,8). The predicted octanol–water partition coefficient (Wildman–Crippen LogP) is -0.406. The maximum atomic E-state index is 9.76. The maximum absolute atomic E-state index is 9.76. The Kier molecular flexibility index (Phi) is 1.79. The van der Waals surface area contributed by atoms with Gasteiger partial charge in [-0.3, -0.25) is 4.79 Å². The van der Waals surface area contributed by atoms with Crippen LogP contribution in [0.15, 0.2) is 12.3 Å². The molecule has 0 radical (unpaired) electrons. The maximum Gasteiger partial charge on any atom is 0.299 e. The topological polar surface area (TPSA) is 78.1 Å². The molecule has 0 aliphatic carbocycles. The third kappa shape index (κ3) is 1.41. The van der Waals surface area contributed by atoms with Gasteiger partial charge in [-0.1, -0.05) is 0 Å². The third-order valence-corrected chi connectivity index (χ3v) is 0.818. The molecule has 0 unspecified atom stereocenters. The highest BCUT2D eigenvalue weighted by Crippen LogP contribution is 2.03. The van der Waals surface area contributed by atoms with Crippen LogP contribution < -0.4 is 10.5 Å². The second-order valence-corrected chi connectivity index (χ2v) is 1.47. The van der Waals surface area contributed by atoms with Gasteiger partial charge in [-0.2, -0.15) is 4.98 Å². The molecule has 0 saturated carbocycles. The Labute approximate surface area is 56.9 Å². The van der Waals surface area contributed by atoms with Crippen LogP contribution in [0.3, 0.4) is 0 Å². The Bertz CT molecular complexity index is 238. The molecule has 0 atom stereocenters. The van der Waals surface area contributed by atoms with E-state index < -0.39 is 0 Å². The summed E-state index contributed by atoms with van der Waals surface area (Å²) in [7, 11) is 0. The van der Waals surface area contributed by atoms with Crippen LogP contribution in [0.1, 0.15) is 0 Å². The monoisotopic (exact) mass is 139 g/mol. The smallest absolute Gasteiger partial charge is 0.299 e. The fourth-order valence-electron chi connectivity index (χ4n) is 0.471. The SMILES string of the molecule is Nc1nccc(OC=O)n1. The first-order valence-electron chi connectivity index (χ1n) is 2.52. The Hall–Kier alpha value is -1.65. The molecule has 2 N–H and O–H groups in total. The van der Waals surface area contributed by atoms with Crippen molar-refractivity contribution in [1.82, 2.24) is 9.97 Å². The van der Waals surface area contributed by atoms with E-state index in [1.54, 1.807) is 0 Å². The molecule has 0 aliphatic rings. The summed E-state index contributed by atoms with van der Waals surface area (Å²) in [6.45, 7) is 0.280. The number of anilines is 1. The molecule has 5 heteroatoms. The van der Waals surface area contributed by atoms with Crippen molar-refractivity contribution in [2.24, 2.45) is 0 Å². The minimum absolute atomic E-state index is 0.0827. The van der Waals surface area contributed by atoms with E-state index in [0.29, 0.717) is 0 Å². The number of rotatable bonds is 2. The fraction of sp³-hybridized carbons (Fsp3) is 0. The normalized spacial score (nSPS) is 8.80. The lowest BCUT2D eigenvalue weighted by Crippen LogP contribution is -1.97. The molecule has 0 amide bonds. The molecule has 0 fully saturated rings. The first-order valence-corrected chi connectivity index (χ1v) is 2.52. The lowest BCUT2D eigenvalue weighted by Gasteiger charge is -1.94. The minimum atomic E-state index is 0.0827. The van der Waals surface area contributed by atoms with Gasteiger partial charge < -0.3 is 10.5 Å². The van der Waals surface area contributed by atoms with E-state index in [1.165, 1.54) is 12.3 Å². The Morgan fingerprint density at radius 3 is 3.10 bits per heavy atom. The van der Waals surface area contributed by atoms with Crippen LogP contribution in [-0.2, 0) is 4.79 Å². The van der Waals surface area contributed by atoms with Crippen molar-refractivity contribution in [3.63, 3.8) is 0 Å². The first kappa shape index (κ1) is 6.47. The number of nitrogen functional groups attached to an aromatic ring is 1.